The lowest BCUT2D eigenvalue weighted by molar-refractivity contribution is 0.139. The zero-order valence-electron chi connectivity index (χ0n) is 11.9. The highest BCUT2D eigenvalue weighted by molar-refractivity contribution is 9.10. The number of halogens is 1. The minimum atomic E-state index is -0.387. The molecule has 1 aromatic carbocycles. The Morgan fingerprint density at radius 3 is 2.55 bits per heavy atom. The third kappa shape index (κ3) is 2.09. The van der Waals surface area contributed by atoms with Gasteiger partial charge >= 0.3 is 0 Å². The Bertz CT molecular complexity index is 751. The number of benzene rings is 1. The van der Waals surface area contributed by atoms with Gasteiger partial charge in [0.2, 0.25) is 5.88 Å². The molecule has 0 radical (unpaired) electrons. The molecule has 2 heterocycles. The number of nitrogens with two attached hydrogens (primary N) is 1. The van der Waals surface area contributed by atoms with E-state index in [1.165, 1.54) is 6.33 Å². The molecule has 0 amide bonds. The second-order valence-corrected chi connectivity index (χ2v) is 6.60. The van der Waals surface area contributed by atoms with Crippen molar-refractivity contribution in [2.75, 3.05) is 5.73 Å². The number of aromatic nitrogens is 2. The van der Waals surface area contributed by atoms with Gasteiger partial charge in [0.25, 0.3) is 0 Å². The van der Waals surface area contributed by atoms with Gasteiger partial charge < -0.3 is 10.5 Å². The van der Waals surface area contributed by atoms with E-state index >= 15 is 0 Å². The molecule has 2 aliphatic rings. The first kappa shape index (κ1) is 13.7. The number of nitrogen functional groups attached to an aromatic ring is 1. The molecule has 112 valence electrons. The Balaban J connectivity index is 1.90. The lowest BCUT2D eigenvalue weighted by Gasteiger charge is -2.35. The van der Waals surface area contributed by atoms with Gasteiger partial charge in [0, 0.05) is 10.0 Å². The standard InChI is InChI=1S/C16H15BrN4O/c17-11-5-3-10(4-6-11)13-16(7-1-2-8-16)22-15-12(21-13)14(18)19-9-20-15/h3-6,9H,1-2,7-8H2,(H2,18,19,20). The van der Waals surface area contributed by atoms with Crippen molar-refractivity contribution >= 4 is 33.1 Å². The average Bonchev–Trinajstić information content (AvgIpc) is 2.97. The van der Waals surface area contributed by atoms with E-state index in [1.807, 2.05) is 12.1 Å². The molecule has 0 unspecified atom stereocenters. The van der Waals surface area contributed by atoms with Crippen LogP contribution < -0.4 is 10.5 Å². The predicted molar refractivity (Wildman–Crippen MR) is 88.6 cm³/mol. The number of nitrogens with zero attached hydrogens (tertiary/aromatic N) is 3. The van der Waals surface area contributed by atoms with Crippen LogP contribution in [0.5, 0.6) is 5.88 Å². The van der Waals surface area contributed by atoms with Crippen molar-refractivity contribution in [3.05, 3.63) is 40.6 Å². The predicted octanol–water partition coefficient (Wildman–Crippen LogP) is 3.65. The molecule has 4 rings (SSSR count). The largest absolute Gasteiger partial charge is 0.463 e. The van der Waals surface area contributed by atoms with Gasteiger partial charge in [0.05, 0.1) is 5.71 Å². The molecule has 2 N–H and O–H groups in total. The maximum atomic E-state index is 6.28. The van der Waals surface area contributed by atoms with Gasteiger partial charge in [-0.1, -0.05) is 28.1 Å². The Hall–Kier alpha value is -1.95. The fourth-order valence-electron chi connectivity index (χ4n) is 3.22. The maximum absolute atomic E-state index is 6.28. The molecule has 0 atom stereocenters. The van der Waals surface area contributed by atoms with Gasteiger partial charge in [-0.3, -0.25) is 0 Å². The van der Waals surface area contributed by atoms with E-state index in [0.29, 0.717) is 17.4 Å². The topological polar surface area (TPSA) is 73.4 Å². The third-order valence-corrected chi connectivity index (χ3v) is 4.82. The van der Waals surface area contributed by atoms with Crippen LogP contribution >= 0.6 is 15.9 Å². The van der Waals surface area contributed by atoms with Crippen LogP contribution in [-0.2, 0) is 0 Å². The molecule has 5 nitrogen and oxygen atoms in total. The third-order valence-electron chi connectivity index (χ3n) is 4.29. The van der Waals surface area contributed by atoms with Gasteiger partial charge in [-0.2, -0.15) is 4.98 Å². The first-order chi connectivity index (χ1) is 10.7. The summed E-state index contributed by atoms with van der Waals surface area (Å²) in [5, 5.41) is 0. The zero-order valence-corrected chi connectivity index (χ0v) is 13.5. The van der Waals surface area contributed by atoms with E-state index in [-0.39, 0.29) is 5.60 Å². The van der Waals surface area contributed by atoms with Crippen LogP contribution in [0.2, 0.25) is 0 Å². The minimum absolute atomic E-state index is 0.354. The number of hydrogen-bond donors (Lipinski definition) is 1. The molecule has 1 spiro atoms. The Morgan fingerprint density at radius 2 is 1.82 bits per heavy atom. The lowest BCUT2D eigenvalue weighted by Crippen LogP contribution is -2.44. The second kappa shape index (κ2) is 5.05. The molecule has 1 aliphatic heterocycles. The molecular formula is C16H15BrN4O. The second-order valence-electron chi connectivity index (χ2n) is 5.68. The molecule has 1 saturated carbocycles. The fraction of sp³-hybridized carbons (Fsp3) is 0.312. The zero-order chi connectivity index (χ0) is 15.2. The normalized spacial score (nSPS) is 18.7. The van der Waals surface area contributed by atoms with Crippen molar-refractivity contribution in [3.8, 4) is 5.88 Å². The van der Waals surface area contributed by atoms with Crippen molar-refractivity contribution in [1.82, 2.24) is 9.97 Å². The SMILES string of the molecule is Nc1ncnc2c1N=C(c1ccc(Br)cc1)C1(CCCC1)O2. The number of aliphatic imine (C=N–C) groups is 1. The summed E-state index contributed by atoms with van der Waals surface area (Å²) < 4.78 is 7.32. The van der Waals surface area contributed by atoms with E-state index in [2.05, 4.69) is 38.0 Å². The van der Waals surface area contributed by atoms with Crippen molar-refractivity contribution < 1.29 is 4.74 Å². The molecule has 1 fully saturated rings. The minimum Gasteiger partial charge on any atom is -0.463 e. The molecule has 1 aliphatic carbocycles. The van der Waals surface area contributed by atoms with Crippen LogP contribution in [-0.4, -0.2) is 21.3 Å². The quantitative estimate of drug-likeness (QED) is 0.844. The molecule has 1 aromatic heterocycles. The maximum Gasteiger partial charge on any atom is 0.246 e. The van der Waals surface area contributed by atoms with Crippen molar-refractivity contribution in [3.63, 3.8) is 0 Å². The lowest BCUT2D eigenvalue weighted by atomic mass is 9.89. The summed E-state index contributed by atoms with van der Waals surface area (Å²) >= 11 is 3.47. The first-order valence-electron chi connectivity index (χ1n) is 7.33. The van der Waals surface area contributed by atoms with Gasteiger partial charge in [-0.15, -0.1) is 0 Å². The summed E-state index contributed by atoms with van der Waals surface area (Å²) in [7, 11) is 0. The van der Waals surface area contributed by atoms with Crippen LogP contribution in [0, 0.1) is 0 Å². The van der Waals surface area contributed by atoms with Gasteiger partial charge in [-0.05, 0) is 37.8 Å². The van der Waals surface area contributed by atoms with E-state index in [4.69, 9.17) is 15.5 Å². The fourth-order valence-corrected chi connectivity index (χ4v) is 3.49. The molecule has 0 saturated heterocycles. The first-order valence-corrected chi connectivity index (χ1v) is 8.12. The van der Waals surface area contributed by atoms with Gasteiger partial charge in [0.1, 0.15) is 6.33 Å². The van der Waals surface area contributed by atoms with Gasteiger partial charge in [-0.25, -0.2) is 9.98 Å². The molecular weight excluding hydrogens is 344 g/mol. The van der Waals surface area contributed by atoms with Crippen LogP contribution in [0.1, 0.15) is 31.2 Å². The van der Waals surface area contributed by atoms with E-state index < -0.39 is 0 Å². The number of hydrogen-bond acceptors (Lipinski definition) is 5. The number of anilines is 1. The highest BCUT2D eigenvalue weighted by atomic mass is 79.9. The van der Waals surface area contributed by atoms with Crippen molar-refractivity contribution in [2.24, 2.45) is 4.99 Å². The molecule has 0 bridgehead atoms. The number of ether oxygens (including phenoxy) is 1. The summed E-state index contributed by atoms with van der Waals surface area (Å²) in [6, 6.07) is 8.14. The van der Waals surface area contributed by atoms with Crippen LogP contribution in [0.3, 0.4) is 0 Å². The average molecular weight is 359 g/mol. The Labute approximate surface area is 136 Å². The van der Waals surface area contributed by atoms with Crippen LogP contribution in [0.15, 0.2) is 40.1 Å². The summed E-state index contributed by atoms with van der Waals surface area (Å²) in [6.07, 6.45) is 5.59. The van der Waals surface area contributed by atoms with E-state index in [9.17, 15) is 0 Å². The Morgan fingerprint density at radius 1 is 1.09 bits per heavy atom. The molecule has 2 aromatic rings. The van der Waals surface area contributed by atoms with Crippen molar-refractivity contribution in [2.45, 2.75) is 31.3 Å². The summed E-state index contributed by atoms with van der Waals surface area (Å²) in [4.78, 5) is 13.0. The monoisotopic (exact) mass is 358 g/mol. The highest BCUT2D eigenvalue weighted by Gasteiger charge is 2.45. The summed E-state index contributed by atoms with van der Waals surface area (Å²) in [6.45, 7) is 0. The van der Waals surface area contributed by atoms with Crippen molar-refractivity contribution in [1.29, 1.82) is 0 Å². The van der Waals surface area contributed by atoms with Gasteiger partial charge in [0.15, 0.2) is 17.1 Å². The smallest absolute Gasteiger partial charge is 0.246 e. The molecule has 6 heteroatoms. The number of fused-ring (bicyclic) bond motifs is 1. The highest BCUT2D eigenvalue weighted by Crippen LogP contribution is 2.45. The summed E-state index contributed by atoms with van der Waals surface area (Å²) in [5.74, 6) is 0.850. The van der Waals surface area contributed by atoms with E-state index in [1.54, 1.807) is 0 Å². The summed E-state index contributed by atoms with van der Waals surface area (Å²) in [5.41, 5.74) is 8.09. The van der Waals surface area contributed by atoms with E-state index in [0.717, 1.165) is 41.4 Å². The van der Waals surface area contributed by atoms with Crippen LogP contribution in [0.25, 0.3) is 0 Å². The molecule has 22 heavy (non-hydrogen) atoms. The van der Waals surface area contributed by atoms with Crippen LogP contribution in [0.4, 0.5) is 11.5 Å². The Kier molecular flexibility index (Phi) is 3.14. The number of rotatable bonds is 1.